The van der Waals surface area contributed by atoms with E-state index in [9.17, 15) is 15.0 Å². The Balaban J connectivity index is 1.80. The second-order valence-corrected chi connectivity index (χ2v) is 6.22. The van der Waals surface area contributed by atoms with Crippen LogP contribution in [-0.2, 0) is 0 Å². The molecular weight excluding hydrogens is 320 g/mol. The average Bonchev–Trinajstić information content (AvgIpc) is 3.01. The summed E-state index contributed by atoms with van der Waals surface area (Å²) in [7, 11) is 0. The van der Waals surface area contributed by atoms with Crippen LogP contribution < -0.4 is 4.74 Å². The van der Waals surface area contributed by atoms with Crippen LogP contribution in [0.15, 0.2) is 47.4 Å². The Labute approximate surface area is 143 Å². The van der Waals surface area contributed by atoms with E-state index in [1.54, 1.807) is 12.1 Å². The third-order valence-electron chi connectivity index (χ3n) is 4.44. The molecule has 0 aliphatic carbocycles. The molecule has 2 aromatic carbocycles. The molecule has 25 heavy (non-hydrogen) atoms. The molecule has 1 aromatic heterocycles. The minimum atomic E-state index is -0.627. The Morgan fingerprint density at radius 1 is 1.20 bits per heavy atom. The monoisotopic (exact) mass is 336 g/mol. The van der Waals surface area contributed by atoms with Crippen molar-refractivity contribution in [2.45, 2.75) is 12.8 Å². The van der Waals surface area contributed by atoms with Gasteiger partial charge in [-0.3, -0.25) is 4.79 Å². The molecule has 5 nitrogen and oxygen atoms in total. The van der Waals surface area contributed by atoms with Gasteiger partial charge in [-0.15, -0.1) is 0 Å². The first kappa shape index (κ1) is 15.3. The zero-order chi connectivity index (χ0) is 17.7. The van der Waals surface area contributed by atoms with Gasteiger partial charge in [-0.05, 0) is 36.8 Å². The van der Waals surface area contributed by atoms with Crippen molar-refractivity contribution in [2.24, 2.45) is 0 Å². The molecular formula is C20H16O5. The number of Topliss-reactive ketones (excluding diaryl/α,β-unsaturated/α-hetero) is 1. The summed E-state index contributed by atoms with van der Waals surface area (Å²) >= 11 is 0. The van der Waals surface area contributed by atoms with Crippen molar-refractivity contribution in [3.05, 3.63) is 59.9 Å². The van der Waals surface area contributed by atoms with Gasteiger partial charge in [-0.2, -0.15) is 0 Å². The van der Waals surface area contributed by atoms with Gasteiger partial charge < -0.3 is 19.4 Å². The van der Waals surface area contributed by atoms with Gasteiger partial charge in [0.2, 0.25) is 0 Å². The van der Waals surface area contributed by atoms with Crippen LogP contribution in [0.3, 0.4) is 0 Å². The molecule has 0 radical (unpaired) electrons. The second-order valence-electron chi connectivity index (χ2n) is 6.22. The number of ether oxygens (including phenoxy) is 1. The number of hydrogen-bond acceptors (Lipinski definition) is 5. The Hall–Kier alpha value is -3.21. The van der Waals surface area contributed by atoms with Crippen LogP contribution in [0.5, 0.6) is 17.2 Å². The number of aromatic hydroxyl groups is 2. The predicted octanol–water partition coefficient (Wildman–Crippen LogP) is 4.24. The van der Waals surface area contributed by atoms with Gasteiger partial charge in [0.05, 0.1) is 16.9 Å². The van der Waals surface area contributed by atoms with Crippen molar-refractivity contribution >= 4 is 22.3 Å². The van der Waals surface area contributed by atoms with Crippen LogP contribution >= 0.6 is 0 Å². The molecule has 0 fully saturated rings. The van der Waals surface area contributed by atoms with Gasteiger partial charge in [0, 0.05) is 11.6 Å². The lowest BCUT2D eigenvalue weighted by atomic mass is 9.88. The highest BCUT2D eigenvalue weighted by Gasteiger charge is 2.33. The van der Waals surface area contributed by atoms with Gasteiger partial charge in [0.25, 0.3) is 0 Å². The van der Waals surface area contributed by atoms with Crippen molar-refractivity contribution in [1.29, 1.82) is 0 Å². The SMILES string of the molecule is C=C(C)c1cc2c3c(ccc2o1)C(=O)C(c1ccc(O)cc1O)CO3. The van der Waals surface area contributed by atoms with E-state index in [0.717, 1.165) is 11.0 Å². The number of hydrogen-bond donors (Lipinski definition) is 2. The first-order valence-electron chi connectivity index (χ1n) is 7.87. The molecule has 1 unspecified atom stereocenters. The van der Waals surface area contributed by atoms with E-state index in [1.807, 2.05) is 13.0 Å². The number of benzene rings is 2. The van der Waals surface area contributed by atoms with Crippen LogP contribution in [-0.4, -0.2) is 22.6 Å². The Bertz CT molecular complexity index is 1030. The number of furan rings is 1. The minimum Gasteiger partial charge on any atom is -0.508 e. The lowest BCUT2D eigenvalue weighted by Gasteiger charge is -2.25. The fourth-order valence-corrected chi connectivity index (χ4v) is 3.13. The van der Waals surface area contributed by atoms with E-state index in [4.69, 9.17) is 9.15 Å². The van der Waals surface area contributed by atoms with Gasteiger partial charge in [0.15, 0.2) is 5.78 Å². The van der Waals surface area contributed by atoms with Crippen LogP contribution in [0, 0.1) is 0 Å². The lowest BCUT2D eigenvalue weighted by molar-refractivity contribution is 0.0895. The number of allylic oxidation sites excluding steroid dienone is 1. The van der Waals surface area contributed by atoms with Crippen LogP contribution in [0.25, 0.3) is 16.5 Å². The third-order valence-corrected chi connectivity index (χ3v) is 4.44. The number of fused-ring (bicyclic) bond motifs is 3. The molecule has 0 bridgehead atoms. The summed E-state index contributed by atoms with van der Waals surface area (Å²) in [4.78, 5) is 12.9. The topological polar surface area (TPSA) is 79.9 Å². The standard InChI is InChI=1S/C20H16O5/c1-10(2)18-8-14-17(25-18)6-5-13-19(23)15(9-24-20(13)14)12-4-3-11(21)7-16(12)22/h3-8,15,21-22H,1,9H2,2H3. The molecule has 1 aliphatic heterocycles. The summed E-state index contributed by atoms with van der Waals surface area (Å²) in [5.41, 5.74) is 2.31. The number of carbonyl (C=O) groups is 1. The zero-order valence-electron chi connectivity index (χ0n) is 13.6. The summed E-state index contributed by atoms with van der Waals surface area (Å²) in [5.74, 6) is 0.198. The maximum absolute atomic E-state index is 12.9. The molecule has 0 spiro atoms. The molecule has 0 saturated carbocycles. The van der Waals surface area contributed by atoms with E-state index >= 15 is 0 Å². The lowest BCUT2D eigenvalue weighted by Crippen LogP contribution is -2.26. The zero-order valence-corrected chi connectivity index (χ0v) is 13.6. The Kier molecular flexibility index (Phi) is 3.32. The highest BCUT2D eigenvalue weighted by molar-refractivity contribution is 6.08. The van der Waals surface area contributed by atoms with Gasteiger partial charge in [0.1, 0.15) is 35.2 Å². The van der Waals surface area contributed by atoms with Crippen molar-refractivity contribution in [3.63, 3.8) is 0 Å². The molecule has 0 amide bonds. The van der Waals surface area contributed by atoms with Crippen molar-refractivity contribution in [3.8, 4) is 17.2 Å². The van der Waals surface area contributed by atoms with Gasteiger partial charge in [-0.1, -0.05) is 12.6 Å². The maximum Gasteiger partial charge on any atom is 0.177 e. The number of phenolic OH excluding ortho intramolecular Hbond substituents is 2. The predicted molar refractivity (Wildman–Crippen MR) is 93.3 cm³/mol. The molecule has 3 aromatic rings. The highest BCUT2D eigenvalue weighted by Crippen LogP contribution is 2.41. The Morgan fingerprint density at radius 3 is 2.72 bits per heavy atom. The normalized spacial score (nSPS) is 16.5. The average molecular weight is 336 g/mol. The molecule has 1 aliphatic rings. The first-order chi connectivity index (χ1) is 12.0. The summed E-state index contributed by atoms with van der Waals surface area (Å²) in [6.45, 7) is 5.82. The molecule has 5 heteroatoms. The fraction of sp³-hybridized carbons (Fsp3) is 0.150. The molecule has 1 atom stereocenters. The quantitative estimate of drug-likeness (QED) is 0.732. The van der Waals surface area contributed by atoms with Crippen molar-refractivity contribution < 1.29 is 24.2 Å². The summed E-state index contributed by atoms with van der Waals surface area (Å²) in [6.07, 6.45) is 0. The summed E-state index contributed by atoms with van der Waals surface area (Å²) < 4.78 is 11.6. The van der Waals surface area contributed by atoms with Gasteiger partial charge >= 0.3 is 0 Å². The highest BCUT2D eigenvalue weighted by atomic mass is 16.5. The molecule has 2 heterocycles. The van der Waals surface area contributed by atoms with Gasteiger partial charge in [-0.25, -0.2) is 0 Å². The smallest absolute Gasteiger partial charge is 0.177 e. The minimum absolute atomic E-state index is 0.0572. The van der Waals surface area contributed by atoms with Crippen LogP contribution in [0.2, 0.25) is 0 Å². The van der Waals surface area contributed by atoms with E-state index in [2.05, 4.69) is 6.58 Å². The number of phenols is 2. The molecule has 4 rings (SSSR count). The number of ketones is 1. The van der Waals surface area contributed by atoms with Crippen LogP contribution in [0.1, 0.15) is 34.5 Å². The molecule has 0 saturated heterocycles. The van der Waals surface area contributed by atoms with E-state index in [0.29, 0.717) is 28.2 Å². The van der Waals surface area contributed by atoms with Crippen molar-refractivity contribution in [2.75, 3.05) is 6.61 Å². The fourth-order valence-electron chi connectivity index (χ4n) is 3.13. The number of carbonyl (C=O) groups excluding carboxylic acids is 1. The van der Waals surface area contributed by atoms with Crippen molar-refractivity contribution in [1.82, 2.24) is 0 Å². The van der Waals surface area contributed by atoms with E-state index < -0.39 is 5.92 Å². The van der Waals surface area contributed by atoms with Crippen LogP contribution in [0.4, 0.5) is 0 Å². The maximum atomic E-state index is 12.9. The summed E-state index contributed by atoms with van der Waals surface area (Å²) in [5, 5.41) is 20.2. The molecule has 126 valence electrons. The van der Waals surface area contributed by atoms with E-state index in [1.165, 1.54) is 18.2 Å². The summed E-state index contributed by atoms with van der Waals surface area (Å²) in [6, 6.07) is 9.43. The second kappa shape index (κ2) is 5.41. The first-order valence-corrected chi connectivity index (χ1v) is 7.87. The number of rotatable bonds is 2. The third kappa shape index (κ3) is 2.36. The largest absolute Gasteiger partial charge is 0.508 e. The van der Waals surface area contributed by atoms with E-state index in [-0.39, 0.29) is 23.9 Å². The molecule has 2 N–H and O–H groups in total. The Morgan fingerprint density at radius 2 is 2.00 bits per heavy atom.